The average molecular weight is 1990 g/mol. The van der Waals surface area contributed by atoms with Crippen LogP contribution in [0.2, 0.25) is 24.8 Å². The molecule has 0 radical (unpaired) electrons. The van der Waals surface area contributed by atoms with Crippen molar-refractivity contribution in [2.45, 2.75) is 137 Å². The number of rotatable bonds is 23. The van der Waals surface area contributed by atoms with E-state index in [4.69, 9.17) is 77.2 Å². The lowest BCUT2D eigenvalue weighted by Gasteiger charge is -2.24. The fraction of sp³-hybridized carbons (Fsp3) is 0.250. The molecule has 0 aliphatic rings. The summed E-state index contributed by atoms with van der Waals surface area (Å²) in [5.41, 5.74) is 3.68. The summed E-state index contributed by atoms with van der Waals surface area (Å²) in [6, 6.07) is 61.7. The number of thioether (sulfide) groups is 1. The number of pyridine rings is 11. The molecule has 1 aromatic carbocycles. The highest BCUT2D eigenvalue weighted by atomic mass is 79.9. The number of carboxylic acid groups (broad SMARTS) is 11. The number of carbonyl (C=O) groups is 11. The van der Waals surface area contributed by atoms with Crippen LogP contribution >= 0.6 is 39.3 Å². The monoisotopic (exact) mass is 1990 g/mol. The molecule has 11 aromatic heterocycles. The van der Waals surface area contributed by atoms with Gasteiger partial charge in [-0.25, -0.2) is 103 Å². The van der Waals surface area contributed by atoms with Crippen LogP contribution in [-0.2, 0) is 5.41 Å². The SMILES string of the molecule is CC(C)(C)c1cccc(C(=O)O)n1.CC(C)C(c1cccc(C(=O)O)n1)C(C)C.CC(C)c1cccc(C(=O)O)n1.CCC(CC)c1cccc(C(=O)O)n1.COc1cccc(C(=O)O)n1.CSc1cccc(C(=O)O)n1.C[Si](C)(C)c1cccc(C(=O)O)n1.O=C(O)c1cccc(Br)n1.O=C(O)c1cccc(Cl)n1.O=C(O)c1cccc(F)n1.O=C(O)c1cccc(Oc2ccccc2)n1. The van der Waals surface area contributed by atoms with E-state index in [9.17, 15) is 57.1 Å². The molecule has 11 N–H and O–H groups in total. The van der Waals surface area contributed by atoms with Gasteiger partial charge in [0.15, 0.2) is 17.1 Å². The molecule has 0 fully saturated rings. The molecule has 0 aliphatic heterocycles. The van der Waals surface area contributed by atoms with E-state index in [0.717, 1.165) is 52.0 Å². The second kappa shape index (κ2) is 60.1. The van der Waals surface area contributed by atoms with Gasteiger partial charge < -0.3 is 65.6 Å². The van der Waals surface area contributed by atoms with Gasteiger partial charge in [0, 0.05) is 57.5 Å². The molecule has 0 saturated carbocycles. The zero-order valence-corrected chi connectivity index (χ0v) is 81.1. The van der Waals surface area contributed by atoms with Crippen LogP contribution in [0.15, 0.2) is 240 Å². The molecule has 0 bridgehead atoms. The minimum absolute atomic E-state index is 0.00986. The van der Waals surface area contributed by atoms with E-state index in [1.165, 1.54) is 97.7 Å². The van der Waals surface area contributed by atoms with Gasteiger partial charge in [0.25, 0.3) is 0 Å². The van der Waals surface area contributed by atoms with E-state index in [1.54, 1.807) is 97.1 Å². The van der Waals surface area contributed by atoms with Gasteiger partial charge in [0.1, 0.15) is 69.1 Å². The average Bonchev–Trinajstić information content (AvgIpc) is 0.844. The van der Waals surface area contributed by atoms with Crippen molar-refractivity contribution >= 4 is 118 Å². The summed E-state index contributed by atoms with van der Waals surface area (Å²) in [5.74, 6) is -8.97. The third-order valence-electron chi connectivity index (χ3n) is 17.2. The molecule has 0 unspecified atom stereocenters. The predicted octanol–water partition coefficient (Wildman–Crippen LogP) is 19.9. The molecule has 35 nitrogen and oxygen atoms in total. The first-order valence-corrected chi connectivity index (χ1v) is 46.8. The van der Waals surface area contributed by atoms with E-state index in [2.05, 4.69) is 132 Å². The normalized spacial score (nSPS) is 10.2. The Kier molecular flexibility index (Phi) is 51.7. The van der Waals surface area contributed by atoms with Crippen LogP contribution in [0.3, 0.4) is 0 Å². The van der Waals surface area contributed by atoms with Crippen LogP contribution in [0, 0.1) is 17.8 Å². The fourth-order valence-corrected chi connectivity index (χ4v) is 12.6. The number of nitrogens with zero attached hydrogens (tertiary/aromatic N) is 11. The molecular weight excluding hydrogens is 1890 g/mol. The Balaban J connectivity index is 0.000000508. The number of halogens is 3. The zero-order valence-electron chi connectivity index (χ0n) is 76.9. The van der Waals surface area contributed by atoms with E-state index in [0.29, 0.717) is 39.9 Å². The Morgan fingerprint density at radius 3 is 1.08 bits per heavy atom. The quantitative estimate of drug-likeness (QED) is 0.0161. The first-order chi connectivity index (χ1) is 63.9. The Bertz CT molecular complexity index is 5670. The molecule has 136 heavy (non-hydrogen) atoms. The molecule has 11 heterocycles. The molecule has 0 atom stereocenters. The van der Waals surface area contributed by atoms with Crippen LogP contribution in [-0.4, -0.2) is 198 Å². The topological polar surface area (TPSA) is 571 Å². The summed E-state index contributed by atoms with van der Waals surface area (Å²) in [7, 11) is -0.0466. The highest BCUT2D eigenvalue weighted by Crippen LogP contribution is 2.31. The van der Waals surface area contributed by atoms with Crippen molar-refractivity contribution in [1.29, 1.82) is 0 Å². The number of aromatic nitrogens is 11. The second-order valence-corrected chi connectivity index (χ2v) is 37.7. The predicted molar refractivity (Wildman–Crippen MR) is 512 cm³/mol. The van der Waals surface area contributed by atoms with Gasteiger partial charge in [-0.3, -0.25) is 4.98 Å². The minimum Gasteiger partial charge on any atom is -0.481 e. The van der Waals surface area contributed by atoms with Gasteiger partial charge >= 0.3 is 65.7 Å². The number of hydrogen-bond donors (Lipinski definition) is 11. The highest BCUT2D eigenvalue weighted by Gasteiger charge is 2.24. The molecule has 720 valence electrons. The number of ether oxygens (including phenoxy) is 2. The number of carboxylic acids is 11. The number of methoxy groups -OCH3 is 1. The summed E-state index contributed by atoms with van der Waals surface area (Å²) < 4.78 is 22.8. The lowest BCUT2D eigenvalue weighted by molar-refractivity contribution is 0.0678. The van der Waals surface area contributed by atoms with Crippen molar-refractivity contribution in [3.8, 4) is 17.5 Å². The Morgan fingerprint density at radius 2 is 0.706 bits per heavy atom. The van der Waals surface area contributed by atoms with Crippen molar-refractivity contribution in [3.05, 3.63) is 332 Å². The molecule has 40 heteroatoms. The second-order valence-electron chi connectivity index (χ2n) is 30.6. The van der Waals surface area contributed by atoms with Gasteiger partial charge in [0.2, 0.25) is 17.7 Å². The highest BCUT2D eigenvalue weighted by molar-refractivity contribution is 9.10. The molecule has 12 aromatic rings. The Hall–Kier alpha value is -15.1. The van der Waals surface area contributed by atoms with Crippen molar-refractivity contribution in [3.63, 3.8) is 0 Å². The molecule has 12 rings (SSSR count). The van der Waals surface area contributed by atoms with Gasteiger partial charge in [-0.05, 0) is 186 Å². The molecular formula is C96H106BrClFN11O24SSi. The van der Waals surface area contributed by atoms with Crippen LogP contribution in [0.4, 0.5) is 4.39 Å². The number of para-hydroxylation sites is 1. The van der Waals surface area contributed by atoms with Crippen molar-refractivity contribution in [2.24, 2.45) is 11.8 Å². The third kappa shape index (κ3) is 45.4. The summed E-state index contributed by atoms with van der Waals surface area (Å²) in [4.78, 5) is 158. The van der Waals surface area contributed by atoms with Crippen LogP contribution in [0.1, 0.15) is 245 Å². The summed E-state index contributed by atoms with van der Waals surface area (Å²) >= 11 is 9.90. The lowest BCUT2D eigenvalue weighted by Crippen LogP contribution is -2.40. The maximum Gasteiger partial charge on any atom is 0.354 e. The minimum atomic E-state index is -1.49. The first-order valence-electron chi connectivity index (χ1n) is 40.9. The molecule has 0 saturated heterocycles. The lowest BCUT2D eigenvalue weighted by atomic mass is 9.83. The fourth-order valence-electron chi connectivity index (χ4n) is 10.6. The largest absolute Gasteiger partial charge is 0.481 e. The summed E-state index contributed by atoms with van der Waals surface area (Å²) in [5, 5.41) is 96.5. The third-order valence-corrected chi connectivity index (χ3v) is 20.3. The van der Waals surface area contributed by atoms with Gasteiger partial charge in [-0.1, -0.05) is 192 Å². The van der Waals surface area contributed by atoms with Crippen LogP contribution in [0.5, 0.6) is 17.5 Å². The van der Waals surface area contributed by atoms with E-state index >= 15 is 0 Å². The smallest absolute Gasteiger partial charge is 0.354 e. The first kappa shape index (κ1) is 117. The number of aromatic carboxylic acids is 11. The molecule has 0 aliphatic carbocycles. The Labute approximate surface area is 802 Å². The van der Waals surface area contributed by atoms with Gasteiger partial charge in [-0.15, -0.1) is 11.8 Å². The van der Waals surface area contributed by atoms with E-state index in [1.807, 2.05) is 89.4 Å². The van der Waals surface area contributed by atoms with Crippen LogP contribution < -0.4 is 14.8 Å². The van der Waals surface area contributed by atoms with Crippen molar-refractivity contribution < 1.29 is 123 Å². The zero-order chi connectivity index (χ0) is 103. The van der Waals surface area contributed by atoms with Gasteiger partial charge in [-0.2, -0.15) is 4.39 Å². The standard InChI is InChI=1S/C13H19NO2.C12H9NO3.C11H15NO2.C10H13NO2.C9H13NO2Si.C9H11NO2.C7H7NO3.C7H7NO2S.C6H4BrNO2.C6H4ClNO2.C6H4FNO2/c1-8(2)12(9(3)4)10-6-5-7-11(14-10)13(15)16;14-12(15)10-7-4-8-11(13-10)16-9-5-2-1-3-6-9;1-3-8(4-2)9-6-5-7-10(12-9)11(13)14;1-10(2,3)8-6-4-5-7(11-8)9(12)13;1-13(2,3)8-6-4-5-7(10-8)9(11)12;1-6(2)7-4-3-5-8(10-7)9(11)12;2*1-11-6-4-2-3-5(8-6)7(9)10;3*7-5-3-1-2-4(8-5)6(9)10/h5-9,12H,1-4H3,(H,15,16);1-8H,(H,14,15);5-8H,3-4H2,1-2H3,(H,13,14);4-6H,1-3H3,(H,12,13);4-6H,1-3H3,(H,11,12);3-6H,1-2H3,(H,11,12);2*2-4H,1H3,(H,9,10);3*1-3H,(H,9,10). The van der Waals surface area contributed by atoms with Gasteiger partial charge in [0.05, 0.1) is 12.1 Å². The number of benzene rings is 1. The van der Waals surface area contributed by atoms with E-state index in [-0.39, 0.29) is 85.0 Å². The van der Waals surface area contributed by atoms with E-state index < -0.39 is 79.7 Å². The summed E-state index contributed by atoms with van der Waals surface area (Å²) in [6.07, 6.45) is 3.84. The maximum atomic E-state index is 12.2. The van der Waals surface area contributed by atoms with Crippen molar-refractivity contribution in [1.82, 2.24) is 54.8 Å². The van der Waals surface area contributed by atoms with Crippen molar-refractivity contribution in [2.75, 3.05) is 13.4 Å². The Morgan fingerprint density at radius 1 is 0.375 bits per heavy atom. The van der Waals surface area contributed by atoms with Crippen LogP contribution in [0.25, 0.3) is 0 Å². The molecule has 0 spiro atoms. The maximum absolute atomic E-state index is 12.2. The number of hydrogen-bond acceptors (Lipinski definition) is 25. The molecule has 0 amide bonds. The summed E-state index contributed by atoms with van der Waals surface area (Å²) in [6.45, 7) is 29.1.